The zero-order chi connectivity index (χ0) is 21.3. The number of carbonyl (C=O) groups is 2. The second kappa shape index (κ2) is 7.83. The van der Waals surface area contributed by atoms with Crippen molar-refractivity contribution in [1.82, 2.24) is 4.57 Å². The molecule has 2 aromatic carbocycles. The Morgan fingerprint density at radius 3 is 2.24 bits per heavy atom. The normalized spacial score (nSPS) is 10.8. The van der Waals surface area contributed by atoms with Gasteiger partial charge in [0.05, 0.1) is 10.6 Å². The van der Waals surface area contributed by atoms with Crippen LogP contribution in [0.15, 0.2) is 48.5 Å². The fraction of sp³-hybridized carbons (Fsp3) is 0.217. The van der Waals surface area contributed by atoms with Crippen LogP contribution in [0.4, 0.5) is 5.69 Å². The molecule has 0 atom stereocenters. The number of hydrogen-bond acceptors (Lipinski definition) is 4. The van der Waals surface area contributed by atoms with E-state index in [0.717, 1.165) is 11.3 Å². The van der Waals surface area contributed by atoms with Gasteiger partial charge in [0.1, 0.15) is 5.78 Å². The smallest absolute Gasteiger partial charge is 0.270 e. The summed E-state index contributed by atoms with van der Waals surface area (Å²) >= 11 is 0. The van der Waals surface area contributed by atoms with Crippen LogP contribution in [-0.4, -0.2) is 21.1 Å². The molecule has 6 heteroatoms. The average Bonchev–Trinajstić information content (AvgIpc) is 2.94. The lowest BCUT2D eigenvalue weighted by atomic mass is 9.97. The number of Topliss-reactive ketones (excluding diaryl/α,β-unsaturated/α-hetero) is 2. The van der Waals surface area contributed by atoms with Gasteiger partial charge in [-0.3, -0.25) is 19.7 Å². The Balaban J connectivity index is 2.42. The van der Waals surface area contributed by atoms with Crippen molar-refractivity contribution in [3.63, 3.8) is 0 Å². The first-order valence-electron chi connectivity index (χ1n) is 9.27. The second-order valence-electron chi connectivity index (χ2n) is 7.20. The first-order chi connectivity index (χ1) is 13.7. The Morgan fingerprint density at radius 2 is 1.69 bits per heavy atom. The maximum Gasteiger partial charge on any atom is 0.270 e. The molecule has 0 aliphatic carbocycles. The van der Waals surface area contributed by atoms with Crippen LogP contribution in [0.1, 0.15) is 41.0 Å². The molecule has 0 saturated carbocycles. The predicted molar refractivity (Wildman–Crippen MR) is 112 cm³/mol. The van der Waals surface area contributed by atoms with Gasteiger partial charge in [0.2, 0.25) is 0 Å². The molecule has 3 aromatic rings. The zero-order valence-electron chi connectivity index (χ0n) is 16.9. The van der Waals surface area contributed by atoms with Crippen LogP contribution in [0.2, 0.25) is 0 Å². The van der Waals surface area contributed by atoms with E-state index in [9.17, 15) is 19.7 Å². The molecule has 0 unspecified atom stereocenters. The number of nitrogens with zero attached hydrogens (tertiary/aromatic N) is 2. The second-order valence-corrected chi connectivity index (χ2v) is 7.20. The van der Waals surface area contributed by atoms with Gasteiger partial charge in [-0.2, -0.15) is 0 Å². The first kappa shape index (κ1) is 20.2. The number of ketones is 2. The molecule has 0 radical (unpaired) electrons. The van der Waals surface area contributed by atoms with E-state index in [0.29, 0.717) is 28.1 Å². The zero-order valence-corrected chi connectivity index (χ0v) is 16.9. The summed E-state index contributed by atoms with van der Waals surface area (Å²) in [5.41, 5.74) is 4.89. The summed E-state index contributed by atoms with van der Waals surface area (Å²) in [7, 11) is 0. The maximum absolute atomic E-state index is 12.5. The SMILES string of the molecule is CC(=O)Cc1c(C(C)=O)c(C)n(-c2ccc(C)cc2)c1-c1cccc([N+](=O)[O-])c1. The number of aryl methyl sites for hydroxylation is 1. The number of hydrogen-bond donors (Lipinski definition) is 0. The fourth-order valence-corrected chi connectivity index (χ4v) is 3.73. The molecule has 1 heterocycles. The van der Waals surface area contributed by atoms with Crippen LogP contribution in [0.5, 0.6) is 0 Å². The number of rotatable bonds is 6. The van der Waals surface area contributed by atoms with Gasteiger partial charge in [-0.05, 0) is 45.4 Å². The number of carbonyl (C=O) groups excluding carboxylic acids is 2. The van der Waals surface area contributed by atoms with E-state index in [2.05, 4.69) is 0 Å². The molecule has 0 fully saturated rings. The first-order valence-corrected chi connectivity index (χ1v) is 9.27. The minimum Gasteiger partial charge on any atom is -0.313 e. The van der Waals surface area contributed by atoms with E-state index in [4.69, 9.17) is 0 Å². The van der Waals surface area contributed by atoms with Crippen molar-refractivity contribution in [2.45, 2.75) is 34.1 Å². The van der Waals surface area contributed by atoms with E-state index in [1.807, 2.05) is 42.7 Å². The molecule has 0 N–H and O–H groups in total. The third kappa shape index (κ3) is 3.87. The van der Waals surface area contributed by atoms with E-state index in [1.165, 1.54) is 26.0 Å². The predicted octanol–water partition coefficient (Wildman–Crippen LogP) is 5.00. The Labute approximate surface area is 168 Å². The van der Waals surface area contributed by atoms with Crippen molar-refractivity contribution in [2.75, 3.05) is 0 Å². The van der Waals surface area contributed by atoms with E-state index < -0.39 is 4.92 Å². The van der Waals surface area contributed by atoms with Gasteiger partial charge in [0.15, 0.2) is 5.78 Å². The van der Waals surface area contributed by atoms with Gasteiger partial charge in [-0.15, -0.1) is 0 Å². The fourth-order valence-electron chi connectivity index (χ4n) is 3.73. The highest BCUT2D eigenvalue weighted by Crippen LogP contribution is 2.36. The lowest BCUT2D eigenvalue weighted by molar-refractivity contribution is -0.384. The number of non-ortho nitro benzene ring substituents is 1. The van der Waals surface area contributed by atoms with Gasteiger partial charge in [-0.25, -0.2) is 0 Å². The Hall–Kier alpha value is -3.54. The molecular formula is C23H22N2O4. The quantitative estimate of drug-likeness (QED) is 0.337. The molecular weight excluding hydrogens is 368 g/mol. The molecule has 0 bridgehead atoms. The number of nitro benzene ring substituents is 1. The van der Waals surface area contributed by atoms with E-state index >= 15 is 0 Å². The summed E-state index contributed by atoms with van der Waals surface area (Å²) in [5, 5.41) is 11.3. The Kier molecular flexibility index (Phi) is 5.46. The number of aromatic nitrogens is 1. The van der Waals surface area contributed by atoms with E-state index in [1.54, 1.807) is 12.1 Å². The molecule has 1 aromatic heterocycles. The molecule has 3 rings (SSSR count). The van der Waals surface area contributed by atoms with E-state index in [-0.39, 0.29) is 23.7 Å². The van der Waals surface area contributed by atoms with Crippen LogP contribution in [0.25, 0.3) is 16.9 Å². The van der Waals surface area contributed by atoms with Crippen LogP contribution in [0, 0.1) is 24.0 Å². The van der Waals surface area contributed by atoms with Gasteiger partial charge in [-0.1, -0.05) is 29.8 Å². The van der Waals surface area contributed by atoms with Crippen molar-refractivity contribution in [1.29, 1.82) is 0 Å². The molecule has 29 heavy (non-hydrogen) atoms. The van der Waals surface area contributed by atoms with Crippen molar-refractivity contribution in [2.24, 2.45) is 0 Å². The van der Waals surface area contributed by atoms with Crippen LogP contribution < -0.4 is 0 Å². The Morgan fingerprint density at radius 1 is 1.03 bits per heavy atom. The molecule has 0 amide bonds. The molecule has 0 spiro atoms. The summed E-state index contributed by atoms with van der Waals surface area (Å²) in [5.74, 6) is -0.225. The highest BCUT2D eigenvalue weighted by molar-refractivity contribution is 6.01. The average molecular weight is 390 g/mol. The lowest BCUT2D eigenvalue weighted by Gasteiger charge is -2.14. The van der Waals surface area contributed by atoms with Crippen molar-refractivity contribution in [3.05, 3.63) is 81.0 Å². The molecule has 6 nitrogen and oxygen atoms in total. The summed E-state index contributed by atoms with van der Waals surface area (Å²) in [4.78, 5) is 35.4. The third-order valence-corrected chi connectivity index (χ3v) is 4.91. The summed E-state index contributed by atoms with van der Waals surface area (Å²) in [6.07, 6.45) is 0.0760. The monoisotopic (exact) mass is 390 g/mol. The summed E-state index contributed by atoms with van der Waals surface area (Å²) < 4.78 is 1.91. The van der Waals surface area contributed by atoms with Gasteiger partial charge < -0.3 is 4.57 Å². The van der Waals surface area contributed by atoms with Crippen LogP contribution >= 0.6 is 0 Å². The van der Waals surface area contributed by atoms with Crippen LogP contribution in [0.3, 0.4) is 0 Å². The maximum atomic E-state index is 12.5. The summed E-state index contributed by atoms with van der Waals surface area (Å²) in [6, 6.07) is 14.1. The van der Waals surface area contributed by atoms with Gasteiger partial charge >= 0.3 is 0 Å². The molecule has 0 saturated heterocycles. The topological polar surface area (TPSA) is 82.2 Å². The largest absolute Gasteiger partial charge is 0.313 e. The van der Waals surface area contributed by atoms with Crippen molar-refractivity contribution >= 4 is 17.3 Å². The Bertz CT molecular complexity index is 1120. The van der Waals surface area contributed by atoms with Gasteiger partial charge in [0.25, 0.3) is 5.69 Å². The summed E-state index contributed by atoms with van der Waals surface area (Å²) in [6.45, 7) is 6.76. The van der Waals surface area contributed by atoms with Crippen molar-refractivity contribution in [3.8, 4) is 16.9 Å². The number of nitro groups is 1. The van der Waals surface area contributed by atoms with Crippen LogP contribution in [-0.2, 0) is 11.2 Å². The molecule has 0 aliphatic rings. The van der Waals surface area contributed by atoms with Crippen molar-refractivity contribution < 1.29 is 14.5 Å². The third-order valence-electron chi connectivity index (χ3n) is 4.91. The highest BCUT2D eigenvalue weighted by Gasteiger charge is 2.26. The molecule has 0 aliphatic heterocycles. The highest BCUT2D eigenvalue weighted by atomic mass is 16.6. The standard InChI is InChI=1S/C23H22N2O4/c1-14-8-10-19(11-9-14)24-16(3)22(17(4)27)21(12-15(2)26)23(24)18-6-5-7-20(13-18)25(28)29/h5-11,13H,12H2,1-4H3. The lowest BCUT2D eigenvalue weighted by Crippen LogP contribution is -2.04. The minimum atomic E-state index is -0.452. The number of benzene rings is 2. The minimum absolute atomic E-state index is 0.0463. The van der Waals surface area contributed by atoms with Gasteiger partial charge in [0, 0.05) is 41.1 Å². The molecule has 148 valence electrons.